The van der Waals surface area contributed by atoms with E-state index in [4.69, 9.17) is 9.84 Å². The van der Waals surface area contributed by atoms with Gasteiger partial charge in [-0.2, -0.15) is 5.10 Å². The van der Waals surface area contributed by atoms with Crippen LogP contribution < -0.4 is 10.2 Å². The minimum Gasteiger partial charge on any atom is -0.496 e. The van der Waals surface area contributed by atoms with Gasteiger partial charge in [0.25, 0.3) is 5.91 Å². The van der Waals surface area contributed by atoms with Crippen molar-refractivity contribution in [2.24, 2.45) is 5.10 Å². The van der Waals surface area contributed by atoms with Gasteiger partial charge in [-0.25, -0.2) is 10.2 Å². The molecule has 8 heteroatoms. The van der Waals surface area contributed by atoms with Gasteiger partial charge in [-0.3, -0.25) is 4.79 Å². The molecule has 0 saturated carbocycles. The van der Waals surface area contributed by atoms with Crippen molar-refractivity contribution in [1.29, 1.82) is 0 Å². The van der Waals surface area contributed by atoms with E-state index in [1.807, 2.05) is 22.9 Å². The molecule has 0 bridgehead atoms. The second-order valence-electron chi connectivity index (χ2n) is 5.70. The number of hydrogen-bond acceptors (Lipinski definition) is 4. The molecule has 2 N–H and O–H groups in total. The number of halogens is 1. The molecule has 0 unspecified atom stereocenters. The Kier molecular flexibility index (Phi) is 6.09. The van der Waals surface area contributed by atoms with Crippen LogP contribution in [0.1, 0.15) is 26.4 Å². The molecule has 142 valence electrons. The Labute approximate surface area is 174 Å². The van der Waals surface area contributed by atoms with Crippen molar-refractivity contribution in [1.82, 2.24) is 9.99 Å². The fraction of sp³-hybridized carbons (Fsp3) is 0.0500. The molecule has 7 nitrogen and oxygen atoms in total. The number of benzene rings is 2. The average Bonchev–Trinajstić information content (AvgIpc) is 3.16. The molecule has 3 aromatic rings. The van der Waals surface area contributed by atoms with E-state index in [9.17, 15) is 9.59 Å². The number of nitrogens with zero attached hydrogens (tertiary/aromatic N) is 2. The Hall–Kier alpha value is -3.14. The van der Waals surface area contributed by atoms with Crippen LogP contribution in [0.15, 0.2) is 65.9 Å². The molecule has 0 spiro atoms. The number of hydrogen-bond donors (Lipinski definition) is 2. The molecular weight excluding hydrogens is 473 g/mol. The maximum absolute atomic E-state index is 12.3. The van der Waals surface area contributed by atoms with E-state index in [-0.39, 0.29) is 11.5 Å². The fourth-order valence-electron chi connectivity index (χ4n) is 2.52. The highest BCUT2D eigenvalue weighted by Gasteiger charge is 2.09. The fourth-order valence-corrected chi connectivity index (χ4v) is 3.08. The number of aromatic carboxylic acids is 1. The smallest absolute Gasteiger partial charge is 0.335 e. The lowest BCUT2D eigenvalue weighted by molar-refractivity contribution is 0.0696. The number of nitrogens with one attached hydrogen (secondary N) is 1. The third kappa shape index (κ3) is 4.39. The summed E-state index contributed by atoms with van der Waals surface area (Å²) in [6.07, 6.45) is 3.34. The summed E-state index contributed by atoms with van der Waals surface area (Å²) < 4.78 is 7.96. The highest BCUT2D eigenvalue weighted by atomic mass is 127. The number of carbonyl (C=O) groups is 2. The second-order valence-corrected chi connectivity index (χ2v) is 6.87. The Balaban J connectivity index is 1.73. The normalized spacial score (nSPS) is 10.8. The van der Waals surface area contributed by atoms with Gasteiger partial charge in [0.2, 0.25) is 0 Å². The van der Waals surface area contributed by atoms with Crippen molar-refractivity contribution in [3.05, 3.63) is 81.2 Å². The Morgan fingerprint density at radius 1 is 1.14 bits per heavy atom. The quantitative estimate of drug-likeness (QED) is 0.315. The summed E-state index contributed by atoms with van der Waals surface area (Å²) in [5, 5.41) is 13.0. The third-order valence-corrected chi connectivity index (χ3v) is 4.84. The molecular formula is C20H16IN3O4. The Bertz CT molecular complexity index is 1040. The standard InChI is InChI=1S/C20H16IN3O4/c1-28-18-11-14(6-9-17(18)21)19(25)23-22-12-16-3-2-10-24(16)15-7-4-13(5-8-15)20(26)27/h2-12H,1H3,(H,23,25)(H,26,27)/b22-12-. The van der Waals surface area contributed by atoms with Crippen molar-refractivity contribution in [2.45, 2.75) is 0 Å². The van der Waals surface area contributed by atoms with Crippen molar-refractivity contribution in [3.8, 4) is 11.4 Å². The van der Waals surface area contributed by atoms with Gasteiger partial charge in [-0.15, -0.1) is 0 Å². The molecule has 28 heavy (non-hydrogen) atoms. The van der Waals surface area contributed by atoms with Gasteiger partial charge in [0.05, 0.1) is 28.2 Å². The number of amides is 1. The number of aromatic nitrogens is 1. The lowest BCUT2D eigenvalue weighted by atomic mass is 10.2. The molecule has 0 radical (unpaired) electrons. The maximum atomic E-state index is 12.3. The number of carboxylic acid groups (broad SMARTS) is 1. The van der Waals surface area contributed by atoms with E-state index < -0.39 is 5.97 Å². The van der Waals surface area contributed by atoms with Crippen molar-refractivity contribution in [2.75, 3.05) is 7.11 Å². The highest BCUT2D eigenvalue weighted by Crippen LogP contribution is 2.21. The number of ether oxygens (including phenoxy) is 1. The van der Waals surface area contributed by atoms with Gasteiger partial charge < -0.3 is 14.4 Å². The molecule has 1 amide bonds. The monoisotopic (exact) mass is 489 g/mol. The van der Waals surface area contributed by atoms with E-state index in [0.29, 0.717) is 11.3 Å². The Morgan fingerprint density at radius 3 is 2.54 bits per heavy atom. The molecule has 0 fully saturated rings. The first kappa shape index (κ1) is 19.6. The van der Waals surface area contributed by atoms with Crippen LogP contribution in [0.4, 0.5) is 0 Å². The summed E-state index contributed by atoms with van der Waals surface area (Å²) in [6, 6.07) is 15.3. The number of methoxy groups -OCH3 is 1. The molecule has 0 aliphatic carbocycles. The first-order valence-electron chi connectivity index (χ1n) is 8.17. The molecule has 2 aromatic carbocycles. The average molecular weight is 489 g/mol. The predicted molar refractivity (Wildman–Crippen MR) is 113 cm³/mol. The van der Waals surface area contributed by atoms with Crippen LogP contribution in [0.3, 0.4) is 0 Å². The van der Waals surface area contributed by atoms with Gasteiger partial charge in [0, 0.05) is 17.4 Å². The summed E-state index contributed by atoms with van der Waals surface area (Å²) in [5.74, 6) is -0.707. The number of carbonyl (C=O) groups excluding carboxylic acids is 1. The summed E-state index contributed by atoms with van der Waals surface area (Å²) in [5.41, 5.74) is 4.65. The third-order valence-electron chi connectivity index (χ3n) is 3.95. The van der Waals surface area contributed by atoms with Crippen LogP contribution in [0, 0.1) is 3.57 Å². The summed E-state index contributed by atoms with van der Waals surface area (Å²) in [7, 11) is 1.55. The van der Waals surface area contributed by atoms with Crippen molar-refractivity contribution < 1.29 is 19.4 Å². The van der Waals surface area contributed by atoms with Crippen LogP contribution >= 0.6 is 22.6 Å². The topological polar surface area (TPSA) is 92.9 Å². The SMILES string of the molecule is COc1cc(C(=O)N/N=C\c2cccn2-c2ccc(C(=O)O)cc2)ccc1I. The lowest BCUT2D eigenvalue weighted by Gasteiger charge is -2.07. The van der Waals surface area contributed by atoms with E-state index in [0.717, 1.165) is 15.0 Å². The minimum atomic E-state index is -0.976. The molecule has 3 rings (SSSR count). The van der Waals surface area contributed by atoms with Gasteiger partial charge in [0.1, 0.15) is 5.75 Å². The number of hydrazone groups is 1. The van der Waals surface area contributed by atoms with Gasteiger partial charge in [0.15, 0.2) is 0 Å². The first-order valence-corrected chi connectivity index (χ1v) is 9.25. The van der Waals surface area contributed by atoms with Crippen LogP contribution in [0.2, 0.25) is 0 Å². The molecule has 1 aromatic heterocycles. The summed E-state index contributed by atoms with van der Waals surface area (Å²) in [6.45, 7) is 0. The van der Waals surface area contributed by atoms with E-state index in [1.165, 1.54) is 18.3 Å². The van der Waals surface area contributed by atoms with E-state index in [2.05, 4.69) is 33.1 Å². The predicted octanol–water partition coefficient (Wildman–Crippen LogP) is 3.55. The zero-order valence-corrected chi connectivity index (χ0v) is 17.0. The number of rotatable bonds is 6. The van der Waals surface area contributed by atoms with Crippen LogP contribution in [0.5, 0.6) is 5.75 Å². The largest absolute Gasteiger partial charge is 0.496 e. The molecule has 0 aliphatic heterocycles. The second kappa shape index (κ2) is 8.70. The lowest BCUT2D eigenvalue weighted by Crippen LogP contribution is -2.18. The first-order chi connectivity index (χ1) is 13.5. The van der Waals surface area contributed by atoms with E-state index >= 15 is 0 Å². The Morgan fingerprint density at radius 2 is 1.86 bits per heavy atom. The van der Waals surface area contributed by atoms with Crippen LogP contribution in [-0.4, -0.2) is 34.9 Å². The molecule has 1 heterocycles. The zero-order chi connectivity index (χ0) is 20.1. The molecule has 0 saturated heterocycles. The molecule has 0 aliphatic rings. The minimum absolute atomic E-state index is 0.214. The van der Waals surface area contributed by atoms with Crippen LogP contribution in [0.25, 0.3) is 5.69 Å². The van der Waals surface area contributed by atoms with Gasteiger partial charge in [-0.05, 0) is 77.2 Å². The molecule has 0 atom stereocenters. The zero-order valence-electron chi connectivity index (χ0n) is 14.8. The van der Waals surface area contributed by atoms with Gasteiger partial charge in [-0.1, -0.05) is 0 Å². The summed E-state index contributed by atoms with van der Waals surface area (Å²) in [4.78, 5) is 23.2. The van der Waals surface area contributed by atoms with E-state index in [1.54, 1.807) is 37.4 Å². The van der Waals surface area contributed by atoms with Crippen LogP contribution in [-0.2, 0) is 0 Å². The summed E-state index contributed by atoms with van der Waals surface area (Å²) >= 11 is 2.13. The number of carboxylic acids is 1. The highest BCUT2D eigenvalue weighted by molar-refractivity contribution is 14.1. The van der Waals surface area contributed by atoms with Crippen molar-refractivity contribution in [3.63, 3.8) is 0 Å². The van der Waals surface area contributed by atoms with Crippen molar-refractivity contribution >= 4 is 40.7 Å². The van der Waals surface area contributed by atoms with Gasteiger partial charge >= 0.3 is 5.97 Å². The maximum Gasteiger partial charge on any atom is 0.335 e.